The summed E-state index contributed by atoms with van der Waals surface area (Å²) in [6, 6.07) is 13.0. The van der Waals surface area contributed by atoms with Crippen molar-refractivity contribution in [2.75, 3.05) is 31.1 Å². The number of hydrogen-bond acceptors (Lipinski definition) is 6. The number of nitrogens with zero attached hydrogens (tertiary/aromatic N) is 7. The van der Waals surface area contributed by atoms with Crippen molar-refractivity contribution < 1.29 is 4.79 Å². The lowest BCUT2D eigenvalue weighted by Crippen LogP contribution is -2.33. The Bertz CT molecular complexity index is 1120. The fraction of sp³-hybridized carbons (Fsp3) is 0.381. The van der Waals surface area contributed by atoms with Crippen molar-refractivity contribution in [3.8, 4) is 6.07 Å². The van der Waals surface area contributed by atoms with E-state index < -0.39 is 0 Å². The molecule has 2 aliphatic heterocycles. The minimum Gasteiger partial charge on any atom is -0.354 e. The highest BCUT2D eigenvalue weighted by molar-refractivity contribution is 5.94. The first-order valence-corrected chi connectivity index (χ1v) is 9.92. The van der Waals surface area contributed by atoms with Crippen molar-refractivity contribution in [3.63, 3.8) is 0 Å². The molecule has 2 saturated heterocycles. The highest BCUT2D eigenvalue weighted by Gasteiger charge is 2.42. The predicted molar refractivity (Wildman–Crippen MR) is 106 cm³/mol. The van der Waals surface area contributed by atoms with Gasteiger partial charge in [-0.1, -0.05) is 13.0 Å². The number of carbonyl (C=O) groups is 1. The van der Waals surface area contributed by atoms with Gasteiger partial charge in [-0.05, 0) is 30.3 Å². The Hall–Kier alpha value is -3.47. The summed E-state index contributed by atoms with van der Waals surface area (Å²) in [5.41, 5.74) is 1.87. The normalized spacial score (nSPS) is 20.8. The number of aryl methyl sites for hydroxylation is 1. The van der Waals surface area contributed by atoms with E-state index in [1.165, 1.54) is 0 Å². The molecule has 4 heterocycles. The Kier molecular flexibility index (Phi) is 4.16. The number of anilines is 1. The van der Waals surface area contributed by atoms with Crippen molar-refractivity contribution in [1.82, 2.24) is 24.7 Å². The molecule has 29 heavy (non-hydrogen) atoms. The van der Waals surface area contributed by atoms with Crippen molar-refractivity contribution in [1.29, 1.82) is 5.26 Å². The maximum absolute atomic E-state index is 12.9. The summed E-state index contributed by atoms with van der Waals surface area (Å²) >= 11 is 0. The summed E-state index contributed by atoms with van der Waals surface area (Å²) in [5, 5.41) is 22.1. The van der Waals surface area contributed by atoms with E-state index in [1.807, 2.05) is 28.5 Å². The average molecular weight is 387 g/mol. The van der Waals surface area contributed by atoms with E-state index in [0.717, 1.165) is 49.9 Å². The zero-order valence-corrected chi connectivity index (χ0v) is 16.2. The lowest BCUT2D eigenvalue weighted by atomic mass is 10.0. The molecule has 5 rings (SSSR count). The SMILES string of the molecule is CCc1nnc2ccc(N3CC4CN(C(=O)c5cccc(C#N)c5)CC4C3)nn12. The molecule has 0 spiro atoms. The third-order valence-electron chi connectivity index (χ3n) is 5.97. The third kappa shape index (κ3) is 2.99. The van der Waals surface area contributed by atoms with E-state index in [4.69, 9.17) is 10.4 Å². The van der Waals surface area contributed by atoms with Gasteiger partial charge in [-0.15, -0.1) is 15.3 Å². The Morgan fingerprint density at radius 3 is 2.66 bits per heavy atom. The molecule has 2 atom stereocenters. The molecule has 2 aromatic heterocycles. The number of amides is 1. The smallest absolute Gasteiger partial charge is 0.253 e. The molecule has 1 aromatic carbocycles. The van der Waals surface area contributed by atoms with E-state index in [0.29, 0.717) is 23.0 Å². The van der Waals surface area contributed by atoms with Gasteiger partial charge in [0, 0.05) is 50.0 Å². The standard InChI is InChI=1S/C21H21N7O/c1-2-18-23-24-19-6-7-20(25-28(18)19)26-10-16-12-27(13-17(16)11-26)21(29)15-5-3-4-14(8-15)9-22/h3-8,16-17H,2,10-13H2,1H3. The Labute approximate surface area is 168 Å². The first-order valence-electron chi connectivity index (χ1n) is 9.92. The second-order valence-electron chi connectivity index (χ2n) is 7.76. The molecule has 2 unspecified atom stereocenters. The summed E-state index contributed by atoms with van der Waals surface area (Å²) in [6.45, 7) is 5.30. The molecule has 146 valence electrons. The average Bonchev–Trinajstić information content (AvgIpc) is 3.45. The first kappa shape index (κ1) is 17.6. The van der Waals surface area contributed by atoms with Crippen LogP contribution in [0.2, 0.25) is 0 Å². The molecule has 0 N–H and O–H groups in total. The van der Waals surface area contributed by atoms with Crippen LogP contribution in [0.3, 0.4) is 0 Å². The minimum atomic E-state index is 0.0136. The minimum absolute atomic E-state index is 0.0136. The van der Waals surface area contributed by atoms with Crippen LogP contribution >= 0.6 is 0 Å². The molecule has 3 aromatic rings. The highest BCUT2D eigenvalue weighted by atomic mass is 16.2. The van der Waals surface area contributed by atoms with Crippen molar-refractivity contribution in [2.24, 2.45) is 11.8 Å². The molecular weight excluding hydrogens is 366 g/mol. The molecule has 0 aliphatic carbocycles. The van der Waals surface area contributed by atoms with Gasteiger partial charge < -0.3 is 9.80 Å². The summed E-state index contributed by atoms with van der Waals surface area (Å²) in [4.78, 5) is 17.1. The lowest BCUT2D eigenvalue weighted by molar-refractivity contribution is 0.0782. The van der Waals surface area contributed by atoms with Gasteiger partial charge in [-0.2, -0.15) is 9.78 Å². The van der Waals surface area contributed by atoms with E-state index in [-0.39, 0.29) is 5.91 Å². The Morgan fingerprint density at radius 2 is 1.93 bits per heavy atom. The zero-order valence-electron chi connectivity index (χ0n) is 16.2. The fourth-order valence-electron chi connectivity index (χ4n) is 4.46. The van der Waals surface area contributed by atoms with Crippen LogP contribution in [0.5, 0.6) is 0 Å². The predicted octanol–water partition coefficient (Wildman–Crippen LogP) is 1.77. The Balaban J connectivity index is 1.30. The monoisotopic (exact) mass is 387 g/mol. The number of likely N-dealkylation sites (tertiary alicyclic amines) is 1. The summed E-state index contributed by atoms with van der Waals surface area (Å²) < 4.78 is 1.82. The number of benzene rings is 1. The molecule has 1 amide bonds. The van der Waals surface area contributed by atoms with Gasteiger partial charge in [-0.3, -0.25) is 4.79 Å². The zero-order chi connectivity index (χ0) is 20.0. The maximum atomic E-state index is 12.9. The van der Waals surface area contributed by atoms with Crippen molar-refractivity contribution in [2.45, 2.75) is 13.3 Å². The first-order chi connectivity index (χ1) is 14.2. The number of hydrogen-bond donors (Lipinski definition) is 0. The maximum Gasteiger partial charge on any atom is 0.253 e. The van der Waals surface area contributed by atoms with Crippen LogP contribution in [0.1, 0.15) is 28.7 Å². The number of carbonyl (C=O) groups excluding carboxylic acids is 1. The molecule has 0 saturated carbocycles. The quantitative estimate of drug-likeness (QED) is 0.680. The Morgan fingerprint density at radius 1 is 1.14 bits per heavy atom. The van der Waals surface area contributed by atoms with Gasteiger partial charge in [0.2, 0.25) is 0 Å². The van der Waals surface area contributed by atoms with Gasteiger partial charge in [-0.25, -0.2) is 0 Å². The van der Waals surface area contributed by atoms with Crippen LogP contribution in [-0.4, -0.2) is 56.8 Å². The van der Waals surface area contributed by atoms with Crippen molar-refractivity contribution >= 4 is 17.4 Å². The van der Waals surface area contributed by atoms with Crippen LogP contribution in [-0.2, 0) is 6.42 Å². The molecular formula is C21H21N7O. The van der Waals surface area contributed by atoms with Crippen LogP contribution in [0.15, 0.2) is 36.4 Å². The molecule has 2 fully saturated rings. The van der Waals surface area contributed by atoms with E-state index in [2.05, 4.69) is 21.2 Å². The second-order valence-corrected chi connectivity index (χ2v) is 7.76. The number of nitriles is 1. The van der Waals surface area contributed by atoms with Gasteiger partial charge in [0.15, 0.2) is 11.5 Å². The largest absolute Gasteiger partial charge is 0.354 e. The number of fused-ring (bicyclic) bond motifs is 2. The van der Waals surface area contributed by atoms with Gasteiger partial charge in [0.05, 0.1) is 11.6 Å². The second kappa shape index (κ2) is 6.85. The van der Waals surface area contributed by atoms with Crippen LogP contribution in [0.4, 0.5) is 5.82 Å². The molecule has 0 bridgehead atoms. The summed E-state index contributed by atoms with van der Waals surface area (Å²) in [6.07, 6.45) is 0.785. The van der Waals surface area contributed by atoms with Gasteiger partial charge in [0.25, 0.3) is 5.91 Å². The van der Waals surface area contributed by atoms with Crippen LogP contribution < -0.4 is 4.90 Å². The highest BCUT2D eigenvalue weighted by Crippen LogP contribution is 2.34. The van der Waals surface area contributed by atoms with Gasteiger partial charge in [0.1, 0.15) is 5.82 Å². The fourth-order valence-corrected chi connectivity index (χ4v) is 4.46. The van der Waals surface area contributed by atoms with E-state index in [1.54, 1.807) is 24.3 Å². The summed E-state index contributed by atoms with van der Waals surface area (Å²) in [5.74, 6) is 2.67. The topological polar surface area (TPSA) is 90.4 Å². The van der Waals surface area contributed by atoms with Crippen LogP contribution in [0.25, 0.3) is 5.65 Å². The molecule has 8 nitrogen and oxygen atoms in total. The third-order valence-corrected chi connectivity index (χ3v) is 5.97. The summed E-state index contributed by atoms with van der Waals surface area (Å²) in [7, 11) is 0. The van der Waals surface area contributed by atoms with Crippen molar-refractivity contribution in [3.05, 3.63) is 53.3 Å². The molecule has 2 aliphatic rings. The molecule has 8 heteroatoms. The number of aromatic nitrogens is 4. The number of rotatable bonds is 3. The van der Waals surface area contributed by atoms with E-state index in [9.17, 15) is 4.79 Å². The van der Waals surface area contributed by atoms with Crippen LogP contribution in [0, 0.1) is 23.2 Å². The molecule has 0 radical (unpaired) electrons. The van der Waals surface area contributed by atoms with Gasteiger partial charge >= 0.3 is 0 Å². The van der Waals surface area contributed by atoms with E-state index >= 15 is 0 Å². The lowest BCUT2D eigenvalue weighted by Gasteiger charge is -2.22.